The molecule has 0 aromatic carbocycles. The predicted octanol–water partition coefficient (Wildman–Crippen LogP) is 0.732. The Hall–Kier alpha value is -0.830. The van der Waals surface area contributed by atoms with E-state index in [0.29, 0.717) is 6.42 Å². The van der Waals surface area contributed by atoms with Crippen LogP contribution < -0.4 is 0 Å². The van der Waals surface area contributed by atoms with Crippen LogP contribution in [0.4, 0.5) is 0 Å². The van der Waals surface area contributed by atoms with Crippen LogP contribution >= 0.6 is 0 Å². The van der Waals surface area contributed by atoms with Crippen LogP contribution in [0.15, 0.2) is 12.2 Å². The summed E-state index contributed by atoms with van der Waals surface area (Å²) in [6, 6.07) is 0. The SMILES string of the molecule is COC(=O)[C@@H]1C[C@@]2(C)C=C[C@@H]1[C@@H]2O. The number of hydrogen-bond acceptors (Lipinski definition) is 3. The molecule has 13 heavy (non-hydrogen) atoms. The van der Waals surface area contributed by atoms with E-state index in [4.69, 9.17) is 4.74 Å². The number of aliphatic hydroxyl groups excluding tert-OH is 1. The van der Waals surface area contributed by atoms with E-state index in [9.17, 15) is 9.90 Å². The molecule has 1 fully saturated rings. The lowest BCUT2D eigenvalue weighted by Crippen LogP contribution is -2.24. The highest BCUT2D eigenvalue weighted by molar-refractivity contribution is 5.74. The van der Waals surface area contributed by atoms with Crippen LogP contribution in [0.5, 0.6) is 0 Å². The van der Waals surface area contributed by atoms with Crippen LogP contribution in [0.3, 0.4) is 0 Å². The Kier molecular flexibility index (Phi) is 1.74. The van der Waals surface area contributed by atoms with E-state index >= 15 is 0 Å². The highest BCUT2D eigenvalue weighted by Crippen LogP contribution is 2.52. The van der Waals surface area contributed by atoms with Gasteiger partial charge in [0, 0.05) is 11.3 Å². The number of hydrogen-bond donors (Lipinski definition) is 1. The van der Waals surface area contributed by atoms with Crippen LogP contribution in [0, 0.1) is 17.3 Å². The van der Waals surface area contributed by atoms with Gasteiger partial charge in [0.15, 0.2) is 0 Å². The first-order valence-electron chi connectivity index (χ1n) is 4.54. The maximum absolute atomic E-state index is 11.3. The van der Waals surface area contributed by atoms with Gasteiger partial charge in [0.1, 0.15) is 0 Å². The number of carbonyl (C=O) groups is 1. The largest absolute Gasteiger partial charge is 0.469 e. The summed E-state index contributed by atoms with van der Waals surface area (Å²) >= 11 is 0. The Morgan fingerprint density at radius 2 is 2.38 bits per heavy atom. The molecule has 0 spiro atoms. The zero-order valence-corrected chi connectivity index (χ0v) is 7.86. The van der Waals surface area contributed by atoms with Crippen molar-refractivity contribution in [3.05, 3.63) is 12.2 Å². The quantitative estimate of drug-likeness (QED) is 0.480. The molecule has 0 unspecified atom stereocenters. The van der Waals surface area contributed by atoms with E-state index in [-0.39, 0.29) is 23.2 Å². The van der Waals surface area contributed by atoms with E-state index in [1.54, 1.807) is 0 Å². The summed E-state index contributed by atoms with van der Waals surface area (Å²) in [5, 5.41) is 9.83. The van der Waals surface area contributed by atoms with Gasteiger partial charge in [-0.1, -0.05) is 19.1 Å². The molecule has 4 atom stereocenters. The summed E-state index contributed by atoms with van der Waals surface area (Å²) in [6.45, 7) is 1.98. The second-order valence-electron chi connectivity index (χ2n) is 4.22. The molecule has 0 heterocycles. The van der Waals surface area contributed by atoms with Crippen LogP contribution in [0.25, 0.3) is 0 Å². The predicted molar refractivity (Wildman–Crippen MR) is 46.9 cm³/mol. The summed E-state index contributed by atoms with van der Waals surface area (Å²) in [4.78, 5) is 11.3. The van der Waals surface area contributed by atoms with Crippen molar-refractivity contribution in [2.24, 2.45) is 17.3 Å². The first-order valence-corrected chi connectivity index (χ1v) is 4.54. The first-order chi connectivity index (χ1) is 6.08. The molecule has 0 aromatic rings. The van der Waals surface area contributed by atoms with Crippen molar-refractivity contribution < 1.29 is 14.6 Å². The molecule has 2 rings (SSSR count). The summed E-state index contributed by atoms with van der Waals surface area (Å²) in [6.07, 6.45) is 4.26. The number of esters is 1. The Morgan fingerprint density at radius 3 is 2.77 bits per heavy atom. The molecule has 0 radical (unpaired) electrons. The molecule has 0 aromatic heterocycles. The minimum absolute atomic E-state index is 0.0301. The molecule has 0 amide bonds. The normalized spacial score (nSPS) is 46.8. The molecule has 3 nitrogen and oxygen atoms in total. The lowest BCUT2D eigenvalue weighted by atomic mass is 9.86. The van der Waals surface area contributed by atoms with Gasteiger partial charge in [0.2, 0.25) is 0 Å². The molecule has 2 bridgehead atoms. The topological polar surface area (TPSA) is 46.5 Å². The Labute approximate surface area is 77.4 Å². The third-order valence-electron chi connectivity index (χ3n) is 3.37. The molecule has 0 saturated heterocycles. The lowest BCUT2D eigenvalue weighted by Gasteiger charge is -2.20. The lowest BCUT2D eigenvalue weighted by molar-refractivity contribution is -0.146. The maximum Gasteiger partial charge on any atom is 0.309 e. The Balaban J connectivity index is 2.22. The molecular weight excluding hydrogens is 168 g/mol. The Bertz CT molecular complexity index is 271. The van der Waals surface area contributed by atoms with Gasteiger partial charge in [-0.25, -0.2) is 0 Å². The minimum atomic E-state index is -0.406. The van der Waals surface area contributed by atoms with Crippen molar-refractivity contribution in [2.75, 3.05) is 7.11 Å². The third kappa shape index (κ3) is 1.03. The number of ether oxygens (including phenoxy) is 1. The van der Waals surface area contributed by atoms with Crippen LogP contribution in [-0.2, 0) is 9.53 Å². The number of methoxy groups -OCH3 is 1. The fourth-order valence-electron chi connectivity index (χ4n) is 2.52. The highest BCUT2D eigenvalue weighted by atomic mass is 16.5. The average Bonchev–Trinajstić information content (AvgIpc) is 2.54. The molecular formula is C10H14O3. The van der Waals surface area contributed by atoms with Gasteiger partial charge in [-0.2, -0.15) is 0 Å². The standard InChI is InChI=1S/C10H14O3/c1-10-4-3-6(8(10)11)7(5-10)9(12)13-2/h3-4,6-8,11H,5H2,1-2H3/t6-,7+,8-,10+/m0/s1. The monoisotopic (exact) mass is 182 g/mol. The van der Waals surface area contributed by atoms with Gasteiger partial charge in [-0.15, -0.1) is 0 Å². The zero-order chi connectivity index (χ0) is 9.64. The Morgan fingerprint density at radius 1 is 1.69 bits per heavy atom. The smallest absolute Gasteiger partial charge is 0.309 e. The van der Waals surface area contributed by atoms with Gasteiger partial charge in [0.05, 0.1) is 19.1 Å². The van der Waals surface area contributed by atoms with Crippen molar-refractivity contribution in [2.45, 2.75) is 19.4 Å². The van der Waals surface area contributed by atoms with Crippen LogP contribution in [0.1, 0.15) is 13.3 Å². The minimum Gasteiger partial charge on any atom is -0.469 e. The molecule has 0 aliphatic heterocycles. The second-order valence-corrected chi connectivity index (χ2v) is 4.22. The van der Waals surface area contributed by atoms with Gasteiger partial charge >= 0.3 is 5.97 Å². The van der Waals surface area contributed by atoms with Crippen molar-refractivity contribution in [3.63, 3.8) is 0 Å². The molecule has 2 aliphatic carbocycles. The van der Waals surface area contributed by atoms with Crippen molar-refractivity contribution in [3.8, 4) is 0 Å². The molecule has 1 saturated carbocycles. The molecule has 1 N–H and O–H groups in total. The summed E-state index contributed by atoms with van der Waals surface area (Å²) in [5.41, 5.74) is -0.205. The van der Waals surface area contributed by atoms with E-state index < -0.39 is 6.10 Å². The van der Waals surface area contributed by atoms with E-state index in [0.717, 1.165) is 0 Å². The number of aliphatic hydroxyl groups is 1. The maximum atomic E-state index is 11.3. The fraction of sp³-hybridized carbons (Fsp3) is 0.700. The number of fused-ring (bicyclic) bond motifs is 2. The van der Waals surface area contributed by atoms with Crippen LogP contribution in [-0.4, -0.2) is 24.3 Å². The van der Waals surface area contributed by atoms with Gasteiger partial charge in [0.25, 0.3) is 0 Å². The summed E-state index contributed by atoms with van der Waals surface area (Å²) < 4.78 is 4.70. The third-order valence-corrected chi connectivity index (χ3v) is 3.37. The average molecular weight is 182 g/mol. The summed E-state index contributed by atoms with van der Waals surface area (Å²) in [7, 11) is 1.40. The van der Waals surface area contributed by atoms with E-state index in [1.165, 1.54) is 7.11 Å². The molecule has 2 aliphatic rings. The van der Waals surface area contributed by atoms with Crippen molar-refractivity contribution in [1.29, 1.82) is 0 Å². The van der Waals surface area contributed by atoms with Gasteiger partial charge in [-0.05, 0) is 6.42 Å². The molecule has 3 heteroatoms. The first kappa shape index (κ1) is 8.75. The number of carbonyl (C=O) groups excluding carboxylic acids is 1. The van der Waals surface area contributed by atoms with Crippen molar-refractivity contribution in [1.82, 2.24) is 0 Å². The van der Waals surface area contributed by atoms with E-state index in [2.05, 4.69) is 0 Å². The van der Waals surface area contributed by atoms with Gasteiger partial charge < -0.3 is 9.84 Å². The van der Waals surface area contributed by atoms with Crippen molar-refractivity contribution >= 4 is 5.97 Å². The zero-order valence-electron chi connectivity index (χ0n) is 7.86. The molecule has 72 valence electrons. The summed E-state index contributed by atoms with van der Waals surface area (Å²) in [5.74, 6) is -0.371. The number of rotatable bonds is 1. The highest BCUT2D eigenvalue weighted by Gasteiger charge is 2.54. The van der Waals surface area contributed by atoms with Gasteiger partial charge in [-0.3, -0.25) is 4.79 Å². The second kappa shape index (κ2) is 2.58. The van der Waals surface area contributed by atoms with Crippen LogP contribution in [0.2, 0.25) is 0 Å². The van der Waals surface area contributed by atoms with E-state index in [1.807, 2.05) is 19.1 Å². The fourth-order valence-corrected chi connectivity index (χ4v) is 2.52.